The molecule has 2 aromatic heterocycles. The molecule has 3 aromatic rings. The normalized spacial score (nSPS) is 13.4. The molecular weight excluding hydrogens is 413 g/mol. The van der Waals surface area contributed by atoms with E-state index in [1.165, 1.54) is 16.7 Å². The van der Waals surface area contributed by atoms with Crippen LogP contribution in [-0.2, 0) is 17.9 Å². The summed E-state index contributed by atoms with van der Waals surface area (Å²) in [6, 6.07) is 7.83. The van der Waals surface area contributed by atoms with Crippen molar-refractivity contribution in [1.82, 2.24) is 9.13 Å². The summed E-state index contributed by atoms with van der Waals surface area (Å²) in [5, 5.41) is 13.6. The van der Waals surface area contributed by atoms with Crippen LogP contribution in [0.3, 0.4) is 0 Å². The van der Waals surface area contributed by atoms with Crippen molar-refractivity contribution in [3.05, 3.63) is 56.8 Å². The molecule has 3 heterocycles. The van der Waals surface area contributed by atoms with Gasteiger partial charge in [0.25, 0.3) is 5.91 Å². The Labute approximate surface area is 168 Å². The lowest BCUT2D eigenvalue weighted by molar-refractivity contribution is 0.0825. The highest BCUT2D eigenvalue weighted by atomic mass is 35.5. The van der Waals surface area contributed by atoms with E-state index in [0.29, 0.717) is 40.0 Å². The van der Waals surface area contributed by atoms with Gasteiger partial charge in [-0.15, -0.1) is 0 Å². The van der Waals surface area contributed by atoms with Gasteiger partial charge in [-0.25, -0.2) is 0 Å². The van der Waals surface area contributed by atoms with E-state index in [4.69, 9.17) is 44.6 Å². The van der Waals surface area contributed by atoms with Gasteiger partial charge in [0.1, 0.15) is 5.69 Å². The monoisotopic (exact) mass is 425 g/mol. The fourth-order valence-corrected chi connectivity index (χ4v) is 3.68. The van der Waals surface area contributed by atoms with Crippen LogP contribution in [0.4, 0.5) is 5.69 Å². The summed E-state index contributed by atoms with van der Waals surface area (Å²) in [4.78, 5) is 12.1. The number of aromatic nitrogens is 2. The van der Waals surface area contributed by atoms with Crippen LogP contribution >= 0.6 is 35.4 Å². The fraction of sp³-hybridized carbons (Fsp3) is 0.176. The molecule has 0 aliphatic carbocycles. The number of nitrogens with zero attached hydrogens (tertiary/aromatic N) is 2. The maximum atomic E-state index is 12.1. The van der Waals surface area contributed by atoms with Crippen LogP contribution in [0.15, 0.2) is 34.7 Å². The fourth-order valence-electron chi connectivity index (χ4n) is 2.89. The van der Waals surface area contributed by atoms with Gasteiger partial charge in [-0.05, 0) is 54.2 Å². The average Bonchev–Trinajstić information content (AvgIpc) is 3.19. The van der Waals surface area contributed by atoms with Crippen LogP contribution < -0.4 is 5.32 Å². The Hall–Kier alpha value is -2.26. The zero-order chi connectivity index (χ0) is 19.1. The Morgan fingerprint density at radius 1 is 1.26 bits per heavy atom. The van der Waals surface area contributed by atoms with Crippen molar-refractivity contribution >= 4 is 47.0 Å². The molecule has 140 valence electrons. The molecule has 0 radical (unpaired) electrons. The number of carbonyl (C=O) groups excluding carboxylic acids is 1. The Kier molecular flexibility index (Phi) is 4.73. The molecule has 7 nitrogen and oxygen atoms in total. The highest BCUT2D eigenvalue weighted by Gasteiger charge is 2.22. The van der Waals surface area contributed by atoms with E-state index in [-0.39, 0.29) is 23.5 Å². The third-order valence-electron chi connectivity index (χ3n) is 4.16. The number of imidazole rings is 1. The predicted molar refractivity (Wildman–Crippen MR) is 103 cm³/mol. The SMILES string of the molecule is O=C(Nc1ccc(-n2c(O)c3n(c2=S)CCOC3)c(Cl)c1)c1ccc(Cl)o1. The first kappa shape index (κ1) is 18.1. The number of aromatic hydroxyl groups is 1. The molecule has 4 rings (SSSR count). The second-order valence-electron chi connectivity index (χ2n) is 5.82. The van der Waals surface area contributed by atoms with Crippen molar-refractivity contribution in [2.75, 3.05) is 11.9 Å². The summed E-state index contributed by atoms with van der Waals surface area (Å²) in [6.07, 6.45) is 0. The van der Waals surface area contributed by atoms with Crippen LogP contribution in [-0.4, -0.2) is 26.8 Å². The number of nitrogens with one attached hydrogen (secondary N) is 1. The van der Waals surface area contributed by atoms with Gasteiger partial charge < -0.3 is 24.1 Å². The second-order valence-corrected chi connectivity index (χ2v) is 6.96. The van der Waals surface area contributed by atoms with Gasteiger partial charge in [-0.2, -0.15) is 0 Å². The molecule has 1 aliphatic rings. The Balaban J connectivity index is 1.66. The van der Waals surface area contributed by atoms with Crippen LogP contribution in [0.5, 0.6) is 5.88 Å². The molecule has 0 spiro atoms. The molecule has 0 bridgehead atoms. The quantitative estimate of drug-likeness (QED) is 0.607. The number of rotatable bonds is 3. The summed E-state index contributed by atoms with van der Waals surface area (Å²) in [5.41, 5.74) is 1.56. The van der Waals surface area contributed by atoms with E-state index in [1.54, 1.807) is 18.2 Å². The summed E-state index contributed by atoms with van der Waals surface area (Å²) >= 11 is 17.5. The number of anilines is 1. The summed E-state index contributed by atoms with van der Waals surface area (Å²) in [5.74, 6) is -0.384. The topological polar surface area (TPSA) is 81.6 Å². The van der Waals surface area contributed by atoms with Crippen molar-refractivity contribution in [3.8, 4) is 11.6 Å². The van der Waals surface area contributed by atoms with Crippen LogP contribution in [0.2, 0.25) is 10.2 Å². The first-order valence-electron chi connectivity index (χ1n) is 7.93. The van der Waals surface area contributed by atoms with Gasteiger partial charge in [0.2, 0.25) is 5.88 Å². The zero-order valence-corrected chi connectivity index (χ0v) is 16.1. The molecule has 1 amide bonds. The minimum Gasteiger partial charge on any atom is -0.493 e. The highest BCUT2D eigenvalue weighted by molar-refractivity contribution is 7.71. The van der Waals surface area contributed by atoms with Crippen LogP contribution in [0, 0.1) is 4.77 Å². The molecule has 0 saturated heterocycles. The number of carbonyl (C=O) groups is 1. The van der Waals surface area contributed by atoms with Crippen molar-refractivity contribution in [2.24, 2.45) is 0 Å². The van der Waals surface area contributed by atoms with Crippen LogP contribution in [0.25, 0.3) is 5.69 Å². The van der Waals surface area contributed by atoms with E-state index in [9.17, 15) is 9.90 Å². The van der Waals surface area contributed by atoms with Crippen molar-refractivity contribution in [3.63, 3.8) is 0 Å². The van der Waals surface area contributed by atoms with Crippen LogP contribution in [0.1, 0.15) is 16.2 Å². The van der Waals surface area contributed by atoms with Gasteiger partial charge in [-0.3, -0.25) is 9.36 Å². The Morgan fingerprint density at radius 3 is 2.74 bits per heavy atom. The first-order chi connectivity index (χ1) is 13.0. The zero-order valence-electron chi connectivity index (χ0n) is 13.7. The van der Waals surface area contributed by atoms with E-state index in [0.717, 1.165) is 0 Å². The Bertz CT molecular complexity index is 1100. The number of hydrogen-bond donors (Lipinski definition) is 2. The van der Waals surface area contributed by atoms with Crippen molar-refractivity contribution in [2.45, 2.75) is 13.2 Å². The summed E-state index contributed by atoms with van der Waals surface area (Å²) < 4.78 is 14.2. The number of amides is 1. The second kappa shape index (κ2) is 7.05. The van der Waals surface area contributed by atoms with Gasteiger partial charge in [-0.1, -0.05) is 11.6 Å². The average molecular weight is 426 g/mol. The number of fused-ring (bicyclic) bond motifs is 1. The molecule has 10 heteroatoms. The molecule has 0 saturated carbocycles. The number of benzene rings is 1. The molecule has 0 unspecified atom stereocenters. The molecule has 0 fully saturated rings. The lowest BCUT2D eigenvalue weighted by Crippen LogP contribution is -2.16. The van der Waals surface area contributed by atoms with Gasteiger partial charge in [0.15, 0.2) is 15.8 Å². The standard InChI is InChI=1S/C17H13Cl2N3O4S/c18-10-7-9(20-15(23)13-3-4-14(19)26-13)1-2-11(10)22-16(24)12-8-25-6-5-21(12)17(22)27/h1-4,7,24H,5-6,8H2,(H,20,23). The van der Waals surface area contributed by atoms with E-state index in [2.05, 4.69) is 5.32 Å². The molecule has 1 aromatic carbocycles. The van der Waals surface area contributed by atoms with E-state index < -0.39 is 5.91 Å². The minimum absolute atomic E-state index is 0.0105. The highest BCUT2D eigenvalue weighted by Crippen LogP contribution is 2.32. The lowest BCUT2D eigenvalue weighted by atomic mass is 10.2. The molecule has 0 atom stereocenters. The third kappa shape index (κ3) is 3.25. The maximum absolute atomic E-state index is 12.1. The number of furan rings is 1. The van der Waals surface area contributed by atoms with Gasteiger partial charge in [0, 0.05) is 12.2 Å². The summed E-state index contributed by atoms with van der Waals surface area (Å²) in [6.45, 7) is 1.37. The minimum atomic E-state index is -0.457. The molecule has 2 N–H and O–H groups in total. The number of halogens is 2. The van der Waals surface area contributed by atoms with Gasteiger partial charge >= 0.3 is 0 Å². The number of hydrogen-bond acceptors (Lipinski definition) is 5. The summed E-state index contributed by atoms with van der Waals surface area (Å²) in [7, 11) is 0. The largest absolute Gasteiger partial charge is 0.493 e. The third-order valence-corrected chi connectivity index (χ3v) is 5.07. The first-order valence-corrected chi connectivity index (χ1v) is 9.10. The van der Waals surface area contributed by atoms with Gasteiger partial charge in [0.05, 0.1) is 23.9 Å². The molecular formula is C17H13Cl2N3O4S. The maximum Gasteiger partial charge on any atom is 0.291 e. The lowest BCUT2D eigenvalue weighted by Gasteiger charge is -2.14. The Morgan fingerprint density at radius 2 is 2.07 bits per heavy atom. The van der Waals surface area contributed by atoms with E-state index >= 15 is 0 Å². The van der Waals surface area contributed by atoms with Crippen molar-refractivity contribution in [1.29, 1.82) is 0 Å². The van der Waals surface area contributed by atoms with E-state index in [1.807, 2.05) is 4.57 Å². The molecule has 1 aliphatic heterocycles. The smallest absolute Gasteiger partial charge is 0.291 e. The molecule has 27 heavy (non-hydrogen) atoms. The number of ether oxygens (including phenoxy) is 1. The predicted octanol–water partition coefficient (Wildman–Crippen LogP) is 4.40. The van der Waals surface area contributed by atoms with Crippen molar-refractivity contribution < 1.29 is 19.1 Å².